The summed E-state index contributed by atoms with van der Waals surface area (Å²) in [6.45, 7) is 2.03. The number of amides is 1. The summed E-state index contributed by atoms with van der Waals surface area (Å²) >= 11 is 0. The number of furan rings is 1. The Morgan fingerprint density at radius 1 is 1.24 bits per heavy atom. The van der Waals surface area contributed by atoms with Crippen LogP contribution in [0, 0.1) is 6.92 Å². The number of aromatic nitrogens is 2. The van der Waals surface area contributed by atoms with E-state index in [1.54, 1.807) is 6.92 Å². The summed E-state index contributed by atoms with van der Waals surface area (Å²) in [5.74, 6) is 0.0364. The van der Waals surface area contributed by atoms with Crippen LogP contribution in [-0.2, 0) is 6.54 Å². The van der Waals surface area contributed by atoms with Gasteiger partial charge in [-0.1, -0.05) is 31.4 Å². The van der Waals surface area contributed by atoms with E-state index in [2.05, 4.69) is 39.4 Å². The molecule has 1 amide bonds. The standard InChI is InChI=1S/C22H26N4O3/c1-14-18(19-21(28)24-13-25-22(19)29-14)20(27)23-12-15-8-10-17(11-9-15)26(2)16-6-4-3-5-7-16/h8-11,13,16H,3-7,12H2,1-2H3,(H,23,27)(H,24,25,28). The molecule has 2 heterocycles. The SMILES string of the molecule is Cc1oc2nc[nH]c(=O)c2c1C(=O)NCc1ccc(N(C)C2CCCCC2)cc1. The molecule has 7 nitrogen and oxygen atoms in total. The molecule has 0 atom stereocenters. The quantitative estimate of drug-likeness (QED) is 0.691. The molecule has 1 aliphatic carbocycles. The van der Waals surface area contributed by atoms with Crippen LogP contribution in [0.15, 0.2) is 39.8 Å². The molecular weight excluding hydrogens is 368 g/mol. The van der Waals surface area contributed by atoms with Crippen molar-refractivity contribution in [1.29, 1.82) is 0 Å². The molecule has 2 N–H and O–H groups in total. The lowest BCUT2D eigenvalue weighted by molar-refractivity contribution is 0.0950. The third-order valence-electron chi connectivity index (χ3n) is 5.82. The maximum atomic E-state index is 12.7. The largest absolute Gasteiger partial charge is 0.442 e. The maximum Gasteiger partial charge on any atom is 0.262 e. The Morgan fingerprint density at radius 3 is 2.69 bits per heavy atom. The Labute approximate surface area is 169 Å². The predicted octanol–water partition coefficient (Wildman–Crippen LogP) is 3.52. The molecule has 2 aromatic heterocycles. The average Bonchev–Trinajstić information content (AvgIpc) is 3.10. The number of aryl methyl sites for hydroxylation is 1. The Bertz CT molecular complexity index is 1060. The normalized spacial score (nSPS) is 14.8. The van der Waals surface area contributed by atoms with Gasteiger partial charge in [0.15, 0.2) is 0 Å². The average molecular weight is 394 g/mol. The fraction of sp³-hybridized carbons (Fsp3) is 0.409. The highest BCUT2D eigenvalue weighted by Crippen LogP contribution is 2.26. The van der Waals surface area contributed by atoms with Gasteiger partial charge in [0.25, 0.3) is 11.5 Å². The lowest BCUT2D eigenvalue weighted by Crippen LogP contribution is -2.33. The first-order valence-electron chi connectivity index (χ1n) is 10.1. The fourth-order valence-electron chi connectivity index (χ4n) is 4.13. The van der Waals surface area contributed by atoms with Gasteiger partial charge >= 0.3 is 0 Å². The number of hydrogen-bond donors (Lipinski definition) is 2. The number of hydrogen-bond acceptors (Lipinski definition) is 5. The Balaban J connectivity index is 1.44. The molecule has 0 bridgehead atoms. The molecule has 1 saturated carbocycles. The Kier molecular flexibility index (Phi) is 5.38. The molecule has 7 heteroatoms. The molecule has 0 unspecified atom stereocenters. The van der Waals surface area contributed by atoms with Crippen LogP contribution < -0.4 is 15.8 Å². The maximum absolute atomic E-state index is 12.7. The van der Waals surface area contributed by atoms with Crippen molar-refractivity contribution >= 4 is 22.7 Å². The van der Waals surface area contributed by atoms with Gasteiger partial charge in [0.1, 0.15) is 11.1 Å². The van der Waals surface area contributed by atoms with Gasteiger partial charge < -0.3 is 19.6 Å². The van der Waals surface area contributed by atoms with Crippen LogP contribution in [0.2, 0.25) is 0 Å². The van der Waals surface area contributed by atoms with E-state index >= 15 is 0 Å². The molecule has 1 aromatic carbocycles. The highest BCUT2D eigenvalue weighted by Gasteiger charge is 2.21. The summed E-state index contributed by atoms with van der Waals surface area (Å²) in [6, 6.07) is 8.87. The number of nitrogens with zero attached hydrogens (tertiary/aromatic N) is 2. The van der Waals surface area contributed by atoms with Crippen molar-refractivity contribution in [2.24, 2.45) is 0 Å². The van der Waals surface area contributed by atoms with Gasteiger partial charge in [0.05, 0.1) is 11.9 Å². The van der Waals surface area contributed by atoms with Crippen molar-refractivity contribution in [3.63, 3.8) is 0 Å². The van der Waals surface area contributed by atoms with Gasteiger partial charge in [0, 0.05) is 25.3 Å². The van der Waals surface area contributed by atoms with Crippen molar-refractivity contribution in [2.45, 2.75) is 51.6 Å². The Hall–Kier alpha value is -3.09. The molecule has 0 saturated heterocycles. The summed E-state index contributed by atoms with van der Waals surface area (Å²) < 4.78 is 5.46. The second-order valence-corrected chi connectivity index (χ2v) is 7.70. The van der Waals surface area contributed by atoms with E-state index in [1.165, 1.54) is 44.1 Å². The van der Waals surface area contributed by atoms with E-state index in [1.807, 2.05) is 12.1 Å². The van der Waals surface area contributed by atoms with Crippen molar-refractivity contribution in [3.05, 3.63) is 57.8 Å². The summed E-state index contributed by atoms with van der Waals surface area (Å²) in [7, 11) is 2.16. The van der Waals surface area contributed by atoms with Crippen LogP contribution in [0.5, 0.6) is 0 Å². The zero-order valence-electron chi connectivity index (χ0n) is 16.8. The van der Waals surface area contributed by atoms with Gasteiger partial charge in [0.2, 0.25) is 5.71 Å². The smallest absolute Gasteiger partial charge is 0.262 e. The molecular formula is C22H26N4O3. The van der Waals surface area contributed by atoms with E-state index in [0.717, 1.165) is 5.56 Å². The Morgan fingerprint density at radius 2 is 1.97 bits per heavy atom. The third kappa shape index (κ3) is 3.90. The molecule has 3 aromatic rings. The lowest BCUT2D eigenvalue weighted by atomic mass is 9.94. The van der Waals surface area contributed by atoms with Crippen LogP contribution in [-0.4, -0.2) is 29.0 Å². The first kappa shape index (κ1) is 19.2. The number of H-pyrrole nitrogens is 1. The zero-order valence-corrected chi connectivity index (χ0v) is 16.8. The van der Waals surface area contributed by atoms with Crippen LogP contribution in [0.3, 0.4) is 0 Å². The van der Waals surface area contributed by atoms with Crippen molar-refractivity contribution in [1.82, 2.24) is 15.3 Å². The minimum Gasteiger partial charge on any atom is -0.442 e. The monoisotopic (exact) mass is 394 g/mol. The van der Waals surface area contributed by atoms with E-state index < -0.39 is 0 Å². The first-order chi connectivity index (χ1) is 14.0. The molecule has 29 heavy (non-hydrogen) atoms. The van der Waals surface area contributed by atoms with Crippen LogP contribution in [0.25, 0.3) is 11.1 Å². The predicted molar refractivity (Wildman–Crippen MR) is 112 cm³/mol. The second-order valence-electron chi connectivity index (χ2n) is 7.70. The van der Waals surface area contributed by atoms with Crippen LogP contribution in [0.1, 0.15) is 53.8 Å². The van der Waals surface area contributed by atoms with Gasteiger partial charge in [-0.05, 0) is 37.5 Å². The number of carbonyl (C=O) groups excluding carboxylic acids is 1. The van der Waals surface area contributed by atoms with Gasteiger partial charge in [-0.3, -0.25) is 9.59 Å². The number of anilines is 1. The number of aromatic amines is 1. The third-order valence-corrected chi connectivity index (χ3v) is 5.82. The summed E-state index contributed by atoms with van der Waals surface area (Å²) in [6.07, 6.45) is 7.72. The number of fused-ring (bicyclic) bond motifs is 1. The fourth-order valence-corrected chi connectivity index (χ4v) is 4.13. The first-order valence-corrected chi connectivity index (χ1v) is 10.1. The van der Waals surface area contributed by atoms with Crippen molar-refractivity contribution < 1.29 is 9.21 Å². The summed E-state index contributed by atoms with van der Waals surface area (Å²) in [5.41, 5.74) is 2.22. The highest BCUT2D eigenvalue weighted by atomic mass is 16.3. The van der Waals surface area contributed by atoms with E-state index in [9.17, 15) is 9.59 Å². The zero-order chi connectivity index (χ0) is 20.4. The molecule has 0 spiro atoms. The van der Waals surface area contributed by atoms with E-state index in [-0.39, 0.29) is 28.1 Å². The summed E-state index contributed by atoms with van der Waals surface area (Å²) in [5, 5.41) is 3.07. The van der Waals surface area contributed by atoms with Crippen molar-refractivity contribution in [2.75, 3.05) is 11.9 Å². The molecule has 0 aliphatic heterocycles. The van der Waals surface area contributed by atoms with Gasteiger partial charge in [-0.15, -0.1) is 0 Å². The van der Waals surface area contributed by atoms with Crippen LogP contribution in [0.4, 0.5) is 5.69 Å². The molecule has 1 aliphatic rings. The number of nitrogens with one attached hydrogen (secondary N) is 2. The van der Waals surface area contributed by atoms with Crippen molar-refractivity contribution in [3.8, 4) is 0 Å². The molecule has 4 rings (SSSR count). The van der Waals surface area contributed by atoms with Crippen LogP contribution >= 0.6 is 0 Å². The minimum absolute atomic E-state index is 0.173. The number of rotatable bonds is 5. The lowest BCUT2D eigenvalue weighted by Gasteiger charge is -2.33. The number of carbonyl (C=O) groups is 1. The van der Waals surface area contributed by atoms with E-state index in [4.69, 9.17) is 4.42 Å². The second kappa shape index (κ2) is 8.11. The topological polar surface area (TPSA) is 91.2 Å². The summed E-state index contributed by atoms with van der Waals surface area (Å²) in [4.78, 5) is 33.6. The molecule has 0 radical (unpaired) electrons. The molecule has 1 fully saturated rings. The van der Waals surface area contributed by atoms with E-state index in [0.29, 0.717) is 18.3 Å². The van der Waals surface area contributed by atoms with Gasteiger partial charge in [-0.2, -0.15) is 0 Å². The number of benzene rings is 1. The van der Waals surface area contributed by atoms with Gasteiger partial charge in [-0.25, -0.2) is 4.98 Å². The molecule has 152 valence electrons. The highest BCUT2D eigenvalue weighted by molar-refractivity contribution is 6.06. The minimum atomic E-state index is -0.382.